The molecule has 0 heterocycles. The number of rotatable bonds is 3. The molecule has 0 aliphatic heterocycles. The molecule has 2 aliphatic rings. The molecule has 0 unspecified atom stereocenters. The highest BCUT2D eigenvalue weighted by Crippen LogP contribution is 2.53. The quantitative estimate of drug-likeness (QED) is 0.777. The highest BCUT2D eigenvalue weighted by molar-refractivity contribution is 5.76. The number of aliphatic hydroxyl groups is 1. The van der Waals surface area contributed by atoms with Gasteiger partial charge in [-0.15, -0.1) is 0 Å². The van der Waals surface area contributed by atoms with Crippen LogP contribution in [0.15, 0.2) is 0 Å². The second-order valence-corrected chi connectivity index (χ2v) is 5.65. The maximum Gasteiger partial charge on any atom is 0.310 e. The van der Waals surface area contributed by atoms with Gasteiger partial charge >= 0.3 is 5.97 Å². The molecule has 3 nitrogen and oxygen atoms in total. The van der Waals surface area contributed by atoms with Crippen molar-refractivity contribution in [1.82, 2.24) is 0 Å². The van der Waals surface area contributed by atoms with E-state index in [-0.39, 0.29) is 6.10 Å². The molecule has 92 valence electrons. The van der Waals surface area contributed by atoms with Gasteiger partial charge in [0.2, 0.25) is 0 Å². The molecule has 0 aromatic heterocycles. The predicted molar refractivity (Wildman–Crippen MR) is 61.0 cm³/mol. The maximum atomic E-state index is 11.4. The highest BCUT2D eigenvalue weighted by Gasteiger charge is 2.55. The van der Waals surface area contributed by atoms with E-state index in [0.717, 1.165) is 18.8 Å². The van der Waals surface area contributed by atoms with Crippen LogP contribution in [0.1, 0.15) is 51.9 Å². The fourth-order valence-corrected chi connectivity index (χ4v) is 3.59. The Balaban J connectivity index is 1.99. The van der Waals surface area contributed by atoms with Crippen LogP contribution >= 0.6 is 0 Å². The molecule has 0 radical (unpaired) electrons. The van der Waals surface area contributed by atoms with E-state index in [4.69, 9.17) is 0 Å². The summed E-state index contributed by atoms with van der Waals surface area (Å²) < 4.78 is 0. The van der Waals surface area contributed by atoms with Crippen LogP contribution in [0.3, 0.4) is 0 Å². The summed E-state index contributed by atoms with van der Waals surface area (Å²) in [6, 6.07) is 0. The van der Waals surface area contributed by atoms with Crippen LogP contribution in [0, 0.1) is 17.3 Å². The van der Waals surface area contributed by atoms with Gasteiger partial charge in [-0.05, 0) is 37.5 Å². The van der Waals surface area contributed by atoms with E-state index in [1.54, 1.807) is 0 Å². The average Bonchev–Trinajstić information content (AvgIpc) is 2.24. The number of hydrogen-bond acceptors (Lipinski definition) is 2. The Kier molecular flexibility index (Phi) is 3.24. The first-order valence-electron chi connectivity index (χ1n) is 6.50. The third-order valence-electron chi connectivity index (χ3n) is 4.83. The molecule has 0 aromatic carbocycles. The summed E-state index contributed by atoms with van der Waals surface area (Å²) >= 11 is 0. The van der Waals surface area contributed by atoms with Crippen LogP contribution in [-0.4, -0.2) is 22.3 Å². The van der Waals surface area contributed by atoms with Crippen LogP contribution in [0.25, 0.3) is 0 Å². The number of carboxylic acids is 1. The van der Waals surface area contributed by atoms with Crippen molar-refractivity contribution in [3.63, 3.8) is 0 Å². The van der Waals surface area contributed by atoms with Crippen molar-refractivity contribution in [1.29, 1.82) is 0 Å². The lowest BCUT2D eigenvalue weighted by Crippen LogP contribution is -2.52. The molecule has 2 rings (SSSR count). The largest absolute Gasteiger partial charge is 0.481 e. The summed E-state index contributed by atoms with van der Waals surface area (Å²) in [5.41, 5.74) is -0.585. The lowest BCUT2D eigenvalue weighted by Gasteiger charge is -2.49. The first kappa shape index (κ1) is 11.9. The Morgan fingerprint density at radius 3 is 2.19 bits per heavy atom. The molecule has 0 spiro atoms. The summed E-state index contributed by atoms with van der Waals surface area (Å²) in [7, 11) is 0. The van der Waals surface area contributed by atoms with E-state index in [1.807, 2.05) is 0 Å². The summed E-state index contributed by atoms with van der Waals surface area (Å²) in [5.74, 6) is 0.418. The molecular weight excluding hydrogens is 204 g/mol. The van der Waals surface area contributed by atoms with Crippen molar-refractivity contribution in [2.45, 2.75) is 58.0 Å². The van der Waals surface area contributed by atoms with Gasteiger partial charge in [-0.25, -0.2) is 0 Å². The molecule has 0 bridgehead atoms. The zero-order valence-corrected chi connectivity index (χ0v) is 9.98. The van der Waals surface area contributed by atoms with Crippen LogP contribution < -0.4 is 0 Å². The molecule has 0 saturated heterocycles. The van der Waals surface area contributed by atoms with Gasteiger partial charge in [0.25, 0.3) is 0 Å². The third-order valence-corrected chi connectivity index (χ3v) is 4.83. The van der Waals surface area contributed by atoms with Gasteiger partial charge in [0.1, 0.15) is 0 Å². The van der Waals surface area contributed by atoms with E-state index in [2.05, 4.69) is 6.92 Å². The predicted octanol–water partition coefficient (Wildman–Crippen LogP) is 2.43. The molecule has 2 N–H and O–H groups in total. The molecule has 2 fully saturated rings. The van der Waals surface area contributed by atoms with E-state index in [9.17, 15) is 15.0 Å². The third kappa shape index (κ3) is 1.86. The van der Waals surface area contributed by atoms with Gasteiger partial charge in [0, 0.05) is 0 Å². The average molecular weight is 226 g/mol. The van der Waals surface area contributed by atoms with Crippen molar-refractivity contribution in [3.05, 3.63) is 0 Å². The van der Waals surface area contributed by atoms with Crippen molar-refractivity contribution in [2.75, 3.05) is 0 Å². The summed E-state index contributed by atoms with van der Waals surface area (Å²) in [5, 5.41) is 18.8. The Hall–Kier alpha value is -0.570. The second-order valence-electron chi connectivity index (χ2n) is 5.65. The number of aliphatic hydroxyl groups excluding tert-OH is 1. The lowest BCUT2D eigenvalue weighted by atomic mass is 9.55. The lowest BCUT2D eigenvalue weighted by molar-refractivity contribution is -0.173. The zero-order valence-electron chi connectivity index (χ0n) is 9.98. The summed E-state index contributed by atoms with van der Waals surface area (Å²) in [4.78, 5) is 11.4. The molecule has 0 atom stereocenters. The maximum absolute atomic E-state index is 11.4. The van der Waals surface area contributed by atoms with Crippen LogP contribution in [0.4, 0.5) is 0 Å². The molecule has 3 heteroatoms. The second kappa shape index (κ2) is 4.36. The fourth-order valence-electron chi connectivity index (χ4n) is 3.59. The molecule has 16 heavy (non-hydrogen) atoms. The number of carboxylic acid groups (broad SMARTS) is 1. The summed E-state index contributed by atoms with van der Waals surface area (Å²) in [6.45, 7) is 2.21. The van der Waals surface area contributed by atoms with E-state index in [0.29, 0.717) is 18.8 Å². The van der Waals surface area contributed by atoms with E-state index < -0.39 is 11.4 Å². The number of carbonyl (C=O) groups is 1. The Bertz CT molecular complexity index is 260. The zero-order chi connectivity index (χ0) is 11.8. The smallest absolute Gasteiger partial charge is 0.310 e. The minimum Gasteiger partial charge on any atom is -0.481 e. The number of aliphatic carboxylic acids is 1. The first-order valence-corrected chi connectivity index (χ1v) is 6.50. The SMILES string of the molecule is CCC1CCC(C2(C(=O)O)CC(O)C2)CC1. The van der Waals surface area contributed by atoms with E-state index >= 15 is 0 Å². The highest BCUT2D eigenvalue weighted by atomic mass is 16.4. The van der Waals surface area contributed by atoms with Gasteiger partial charge in [0.15, 0.2) is 0 Å². The Labute approximate surface area is 96.9 Å². The van der Waals surface area contributed by atoms with Crippen molar-refractivity contribution in [3.8, 4) is 0 Å². The van der Waals surface area contributed by atoms with Gasteiger partial charge in [0.05, 0.1) is 11.5 Å². The topological polar surface area (TPSA) is 57.5 Å². The van der Waals surface area contributed by atoms with Crippen LogP contribution in [-0.2, 0) is 4.79 Å². The molecule has 2 saturated carbocycles. The monoisotopic (exact) mass is 226 g/mol. The van der Waals surface area contributed by atoms with Crippen molar-refractivity contribution in [2.24, 2.45) is 17.3 Å². The molecular formula is C13H22O3. The van der Waals surface area contributed by atoms with Gasteiger partial charge in [-0.1, -0.05) is 26.2 Å². The number of hydrogen-bond donors (Lipinski definition) is 2. The molecule has 2 aliphatic carbocycles. The summed E-state index contributed by atoms with van der Waals surface area (Å²) in [6.07, 6.45) is 6.22. The van der Waals surface area contributed by atoms with Crippen molar-refractivity contribution >= 4 is 5.97 Å². The standard InChI is InChI=1S/C13H22O3/c1-2-9-3-5-10(6-4-9)13(12(15)16)7-11(14)8-13/h9-11,14H,2-8H2,1H3,(H,15,16). The van der Waals surface area contributed by atoms with Gasteiger partial charge in [-0.3, -0.25) is 4.79 Å². The van der Waals surface area contributed by atoms with Crippen LogP contribution in [0.5, 0.6) is 0 Å². The minimum atomic E-state index is -0.683. The fraction of sp³-hybridized carbons (Fsp3) is 0.923. The Morgan fingerprint density at radius 2 is 1.81 bits per heavy atom. The molecule has 0 aromatic rings. The van der Waals surface area contributed by atoms with Crippen molar-refractivity contribution < 1.29 is 15.0 Å². The Morgan fingerprint density at radius 1 is 1.25 bits per heavy atom. The minimum absolute atomic E-state index is 0.302. The van der Waals surface area contributed by atoms with Gasteiger partial charge in [-0.2, -0.15) is 0 Å². The van der Waals surface area contributed by atoms with E-state index in [1.165, 1.54) is 19.3 Å². The normalized spacial score (nSPS) is 43.8. The molecule has 0 amide bonds. The van der Waals surface area contributed by atoms with Crippen LogP contribution in [0.2, 0.25) is 0 Å². The first-order chi connectivity index (χ1) is 7.58. The van der Waals surface area contributed by atoms with Gasteiger partial charge < -0.3 is 10.2 Å².